The first-order chi connectivity index (χ1) is 25.2. The molecule has 0 unspecified atom stereocenters. The fourth-order valence-electron chi connectivity index (χ4n) is 7.18. The van der Waals surface area contributed by atoms with E-state index in [1.54, 1.807) is 12.1 Å². The molecule has 5 heterocycles. The summed E-state index contributed by atoms with van der Waals surface area (Å²) in [7, 11) is 4.09. The third-order valence-corrected chi connectivity index (χ3v) is 9.43. The molecule has 0 saturated carbocycles. The molecule has 0 bridgehead atoms. The Morgan fingerprint density at radius 3 is 1.58 bits per heavy atom. The number of anilines is 6. The summed E-state index contributed by atoms with van der Waals surface area (Å²) in [5, 5.41) is 19.6. The van der Waals surface area contributed by atoms with E-state index in [1.165, 1.54) is 22.3 Å². The molecule has 4 aromatic carbocycles. The number of nitriles is 2. The number of aryl methyl sites for hydroxylation is 3. The molecule has 0 radical (unpaired) electrons. The second kappa shape index (κ2) is 14.1. The Bertz CT molecular complexity index is 2450. The minimum atomic E-state index is 0. The average molecular weight is 871 g/mol. The van der Waals surface area contributed by atoms with Gasteiger partial charge in [0.05, 0.1) is 23.3 Å². The Hall–Kier alpha value is -6.15. The van der Waals surface area contributed by atoms with Crippen molar-refractivity contribution >= 4 is 56.2 Å². The molecule has 0 N–H and O–H groups in total. The molecule has 53 heavy (non-hydrogen) atoms. The molecule has 0 spiro atoms. The van der Waals surface area contributed by atoms with Crippen LogP contribution in [0.5, 0.6) is 0 Å². The van der Waals surface area contributed by atoms with Gasteiger partial charge in [-0.1, -0.05) is 29.8 Å². The largest absolute Gasteiger partial charge is 4.00 e. The molecule has 2 aliphatic rings. The van der Waals surface area contributed by atoms with Crippen LogP contribution in [-0.2, 0) is 21.1 Å². The van der Waals surface area contributed by atoms with Crippen LogP contribution in [0, 0.1) is 62.8 Å². The van der Waals surface area contributed by atoms with Crippen LogP contribution in [-0.4, -0.2) is 24.1 Å². The first kappa shape index (κ1) is 35.3. The number of nitrogens with zero attached hydrogens (tertiary/aromatic N) is 9. The van der Waals surface area contributed by atoms with Crippen LogP contribution in [0.4, 0.5) is 34.4 Å². The van der Waals surface area contributed by atoms with Crippen molar-refractivity contribution in [1.29, 1.82) is 10.5 Å². The van der Waals surface area contributed by atoms with Gasteiger partial charge >= 0.3 is 21.1 Å². The molecule has 2 aliphatic heterocycles. The summed E-state index contributed by atoms with van der Waals surface area (Å²) in [4.78, 5) is 22.2. The van der Waals surface area contributed by atoms with Crippen LogP contribution >= 0.6 is 0 Å². The van der Waals surface area contributed by atoms with Crippen molar-refractivity contribution in [2.45, 2.75) is 20.8 Å². The standard InChI is InChI=1S/C29H27N6.C14H6N3.Pt/c1-19-12-20(2)27(21(3)13-19)22-14-23(34-17-32(4)25-8-6-10-30-28(25)34)16-24(15-22)35-18-33(5)26-9-7-11-31-29(26)35;15-7-9-1-3-13-11(5-9)12-6-10(8-16)2-4-14(12)17-13;/h6-15,17-18H,1-5H3;1-6H;/q-3;-1;+4. The Morgan fingerprint density at radius 2 is 1.13 bits per heavy atom. The minimum Gasteiger partial charge on any atom is -0.657 e. The zero-order valence-electron chi connectivity index (χ0n) is 29.7. The molecule has 0 atom stereocenters. The van der Waals surface area contributed by atoms with Crippen LogP contribution in [0.1, 0.15) is 27.8 Å². The molecular weight excluding hydrogens is 838 g/mol. The zero-order valence-corrected chi connectivity index (χ0v) is 32.0. The van der Waals surface area contributed by atoms with Gasteiger partial charge in [0.15, 0.2) is 0 Å². The van der Waals surface area contributed by atoms with Gasteiger partial charge in [0.2, 0.25) is 0 Å². The Labute approximate surface area is 323 Å². The number of pyridine rings is 2. The first-order valence-corrected chi connectivity index (χ1v) is 16.8. The Balaban J connectivity index is 0.000000203. The summed E-state index contributed by atoms with van der Waals surface area (Å²) in [6, 6.07) is 35.7. The zero-order chi connectivity index (χ0) is 36.1. The Morgan fingerprint density at radius 1 is 0.660 bits per heavy atom. The van der Waals surface area contributed by atoms with Gasteiger partial charge in [0.1, 0.15) is 11.6 Å². The summed E-state index contributed by atoms with van der Waals surface area (Å²) in [6.45, 7) is 10.7. The first-order valence-electron chi connectivity index (χ1n) is 16.8. The molecule has 3 aromatic heterocycles. The van der Waals surface area contributed by atoms with Crippen molar-refractivity contribution < 1.29 is 21.1 Å². The SMILES string of the molecule is Cc1cc(C)c(-c2cc(N3[CH-]N(C)c4cccnc43)[c-]c(N3[CH-]N(C)c4cccnc43)c2)c(C)c1.N#Cc1ccc2[n-]c3ccc(C#N)cc3c2c1.[Pt+4]. The van der Waals surface area contributed by atoms with E-state index in [0.29, 0.717) is 11.1 Å². The number of aromatic nitrogens is 3. The number of benzene rings is 4. The van der Waals surface area contributed by atoms with Crippen LogP contribution in [0.2, 0.25) is 0 Å². The van der Waals surface area contributed by atoms with Gasteiger partial charge in [-0.25, -0.2) is 9.97 Å². The summed E-state index contributed by atoms with van der Waals surface area (Å²) < 4.78 is 0. The van der Waals surface area contributed by atoms with E-state index in [1.807, 2.05) is 62.9 Å². The topological polar surface area (TPSA) is 100 Å². The van der Waals surface area contributed by atoms with Crippen LogP contribution in [0.25, 0.3) is 32.9 Å². The quantitative estimate of drug-likeness (QED) is 0.161. The monoisotopic (exact) mass is 870 g/mol. The maximum absolute atomic E-state index is 8.88. The molecule has 0 aliphatic carbocycles. The molecule has 7 aromatic rings. The summed E-state index contributed by atoms with van der Waals surface area (Å²) in [5.41, 5.74) is 13.1. The molecule has 0 saturated heterocycles. The van der Waals surface area contributed by atoms with Crippen molar-refractivity contribution in [1.82, 2.24) is 15.0 Å². The molecule has 9 nitrogen and oxygen atoms in total. The third kappa shape index (κ3) is 6.35. The van der Waals surface area contributed by atoms with Gasteiger partial charge in [-0.3, -0.25) is 0 Å². The minimum absolute atomic E-state index is 0. The van der Waals surface area contributed by atoms with E-state index in [-0.39, 0.29) is 21.1 Å². The van der Waals surface area contributed by atoms with E-state index in [9.17, 15) is 0 Å². The van der Waals surface area contributed by atoms with E-state index in [0.717, 1.165) is 61.8 Å². The fraction of sp³-hybridized carbons (Fsp3) is 0.116. The van der Waals surface area contributed by atoms with Gasteiger partial charge in [-0.05, 0) is 111 Å². The summed E-state index contributed by atoms with van der Waals surface area (Å²) in [6.07, 6.45) is 3.67. The predicted molar refractivity (Wildman–Crippen MR) is 207 cm³/mol. The summed E-state index contributed by atoms with van der Waals surface area (Å²) >= 11 is 0. The second-order valence-electron chi connectivity index (χ2n) is 13.1. The number of hydrogen-bond acceptors (Lipinski definition) is 8. The average Bonchev–Trinajstić information content (AvgIpc) is 3.81. The smallest absolute Gasteiger partial charge is 0.657 e. The summed E-state index contributed by atoms with van der Waals surface area (Å²) in [5.74, 6) is 1.79. The van der Waals surface area contributed by atoms with Gasteiger partial charge in [-0.2, -0.15) is 23.9 Å². The van der Waals surface area contributed by atoms with Gasteiger partial charge < -0.3 is 24.6 Å². The number of hydrogen-bond donors (Lipinski definition) is 0. The van der Waals surface area contributed by atoms with Gasteiger partial charge in [-0.15, -0.1) is 46.2 Å². The molecule has 0 fully saturated rings. The van der Waals surface area contributed by atoms with E-state index < -0.39 is 0 Å². The van der Waals surface area contributed by atoms with Crippen molar-refractivity contribution in [3.63, 3.8) is 0 Å². The van der Waals surface area contributed by atoms with E-state index in [4.69, 9.17) is 10.5 Å². The third-order valence-electron chi connectivity index (χ3n) is 9.43. The number of fused-ring (bicyclic) bond motifs is 5. The van der Waals surface area contributed by atoms with Crippen molar-refractivity contribution in [2.24, 2.45) is 0 Å². The number of rotatable bonds is 3. The predicted octanol–water partition coefficient (Wildman–Crippen LogP) is 8.97. The molecule has 0 amide bonds. The van der Waals surface area contributed by atoms with Gasteiger partial charge in [0, 0.05) is 23.8 Å². The van der Waals surface area contributed by atoms with Crippen molar-refractivity contribution in [3.05, 3.63) is 145 Å². The fourth-order valence-corrected chi connectivity index (χ4v) is 7.18. The van der Waals surface area contributed by atoms with Gasteiger partial charge in [0.25, 0.3) is 0 Å². The van der Waals surface area contributed by atoms with Crippen LogP contribution in [0.3, 0.4) is 0 Å². The maximum Gasteiger partial charge on any atom is 4.00 e. The van der Waals surface area contributed by atoms with Crippen LogP contribution < -0.4 is 24.6 Å². The second-order valence-corrected chi connectivity index (χ2v) is 13.1. The van der Waals surface area contributed by atoms with E-state index >= 15 is 0 Å². The molecule has 9 rings (SSSR count). The Kier molecular flexibility index (Phi) is 9.39. The molecular formula is C43H33N9Pt. The van der Waals surface area contributed by atoms with Crippen molar-refractivity contribution in [3.8, 4) is 23.3 Å². The van der Waals surface area contributed by atoms with Crippen LogP contribution in [0.15, 0.2) is 97.3 Å². The normalized spacial score (nSPS) is 12.9. The molecule has 260 valence electrons. The van der Waals surface area contributed by atoms with E-state index in [2.05, 4.69) is 123 Å². The van der Waals surface area contributed by atoms with Crippen molar-refractivity contribution in [2.75, 3.05) is 33.7 Å². The maximum atomic E-state index is 8.88. The molecule has 10 heteroatoms.